The Kier molecular flexibility index (Phi) is 260. The summed E-state index contributed by atoms with van der Waals surface area (Å²) in [7, 11) is 0. The van der Waals surface area contributed by atoms with E-state index < -0.39 is 0 Å². The van der Waals surface area contributed by atoms with Crippen LogP contribution in [0.3, 0.4) is 0 Å². The molecule has 0 aliphatic rings. The van der Waals surface area contributed by atoms with Crippen LogP contribution in [0.25, 0.3) is 0 Å². The molecule has 0 radical (unpaired) electrons. The minimum Gasteiger partial charge on any atom is -0.813 e. The van der Waals surface area contributed by atoms with E-state index in [1.807, 2.05) is 0 Å². The maximum absolute atomic E-state index is 0. The Balaban J connectivity index is 0. The van der Waals surface area contributed by atoms with Crippen LogP contribution in [-0.4, -0.2) is 0 Å². The molecule has 0 aliphatic carbocycles. The molecule has 0 unspecified atom stereocenters. The van der Waals surface area contributed by atoms with E-state index in [4.69, 9.17) is 0 Å². The van der Waals surface area contributed by atoms with Crippen molar-refractivity contribution in [3.05, 3.63) is 0 Å². The van der Waals surface area contributed by atoms with Crippen molar-refractivity contribution in [2.75, 3.05) is 0 Å². The summed E-state index contributed by atoms with van der Waals surface area (Å²) >= 11 is 0. The molecule has 26 valence electrons. The van der Waals surface area contributed by atoms with Crippen molar-refractivity contribution in [3.8, 4) is 0 Å². The van der Waals surface area contributed by atoms with Gasteiger partial charge in [0.15, 0.2) is 0 Å². The SMILES string of the molecule is [SH-].[SH-].[SH-].[V+3]. The predicted octanol–water partition coefficient (Wildman–Crippen LogP) is -0.813. The van der Waals surface area contributed by atoms with Gasteiger partial charge in [0, 0.05) is 0 Å². The van der Waals surface area contributed by atoms with E-state index in [9.17, 15) is 0 Å². The van der Waals surface area contributed by atoms with Crippen molar-refractivity contribution >= 4 is 40.5 Å². The van der Waals surface area contributed by atoms with Crippen molar-refractivity contribution in [2.45, 2.75) is 0 Å². The van der Waals surface area contributed by atoms with Gasteiger partial charge in [-0.15, -0.1) is 0 Å². The van der Waals surface area contributed by atoms with Gasteiger partial charge >= 0.3 is 18.6 Å². The standard InChI is InChI=1S/3H2S.V/h3*1H2;/q;;;+3/p-3. The molecular weight excluding hydrogens is 147 g/mol. The first-order valence-electron chi connectivity index (χ1n) is 0. The molecular formula is H3S3V. The van der Waals surface area contributed by atoms with Gasteiger partial charge in [-0.05, 0) is 0 Å². The Bertz CT molecular complexity index is 3.25. The first-order valence-corrected chi connectivity index (χ1v) is 0. The third kappa shape index (κ3) is 9.44. The molecule has 0 aliphatic heterocycles. The van der Waals surface area contributed by atoms with Gasteiger partial charge in [0.2, 0.25) is 0 Å². The third-order valence-electron chi connectivity index (χ3n) is 0. The van der Waals surface area contributed by atoms with Crippen LogP contribution in [0.1, 0.15) is 0 Å². The first kappa shape index (κ1) is 45.3. The molecule has 0 fully saturated rings. The molecule has 0 amide bonds. The van der Waals surface area contributed by atoms with E-state index in [2.05, 4.69) is 0 Å². The van der Waals surface area contributed by atoms with Crippen LogP contribution in [0.4, 0.5) is 0 Å². The fraction of sp³-hybridized carbons (Fsp3) is 0. The van der Waals surface area contributed by atoms with Crippen molar-refractivity contribution in [3.63, 3.8) is 0 Å². The predicted molar refractivity (Wildman–Crippen MR) is 26.3 cm³/mol. The average Bonchev–Trinajstić information content (AvgIpc) is 0. The fourth-order valence-corrected chi connectivity index (χ4v) is 0. The summed E-state index contributed by atoms with van der Waals surface area (Å²) in [5.41, 5.74) is 0. The van der Waals surface area contributed by atoms with E-state index in [1.54, 1.807) is 0 Å². The van der Waals surface area contributed by atoms with Crippen LogP contribution < -0.4 is 0 Å². The maximum Gasteiger partial charge on any atom is 3.00 e. The Labute approximate surface area is 59.0 Å². The van der Waals surface area contributed by atoms with E-state index in [-0.39, 0.29) is 59.0 Å². The van der Waals surface area contributed by atoms with Crippen LogP contribution in [0, 0.1) is 0 Å². The molecule has 0 aromatic carbocycles. The Morgan fingerprint density at radius 3 is 0.500 bits per heavy atom. The number of rotatable bonds is 0. The molecule has 0 atom stereocenters. The summed E-state index contributed by atoms with van der Waals surface area (Å²) in [4.78, 5) is 0. The van der Waals surface area contributed by atoms with E-state index in [0.29, 0.717) is 0 Å². The molecule has 0 bridgehead atoms. The Morgan fingerprint density at radius 2 is 0.500 bits per heavy atom. The van der Waals surface area contributed by atoms with Gasteiger partial charge in [-0.3, -0.25) is 0 Å². The molecule has 0 heterocycles. The molecule has 0 rings (SSSR count). The smallest absolute Gasteiger partial charge is 0.813 e. The zero-order valence-corrected chi connectivity index (χ0v) is 5.87. The quantitative estimate of drug-likeness (QED) is 0.327. The molecule has 0 saturated carbocycles. The second-order valence-corrected chi connectivity index (χ2v) is 0. The van der Waals surface area contributed by atoms with Crippen molar-refractivity contribution in [1.29, 1.82) is 0 Å². The van der Waals surface area contributed by atoms with Crippen LogP contribution in [0.2, 0.25) is 0 Å². The van der Waals surface area contributed by atoms with E-state index in [1.165, 1.54) is 0 Å². The first-order chi connectivity index (χ1) is 0. The maximum atomic E-state index is 0. The van der Waals surface area contributed by atoms with Gasteiger partial charge in [-0.2, -0.15) is 0 Å². The Morgan fingerprint density at radius 1 is 0.500 bits per heavy atom. The molecule has 0 nitrogen and oxygen atoms in total. The summed E-state index contributed by atoms with van der Waals surface area (Å²) in [5, 5.41) is 0. The average molecular weight is 150 g/mol. The van der Waals surface area contributed by atoms with Gasteiger partial charge in [0.05, 0.1) is 0 Å². The summed E-state index contributed by atoms with van der Waals surface area (Å²) in [6.45, 7) is 0. The van der Waals surface area contributed by atoms with Crippen molar-refractivity contribution in [1.82, 2.24) is 0 Å². The van der Waals surface area contributed by atoms with Crippen molar-refractivity contribution in [2.24, 2.45) is 0 Å². The third-order valence-corrected chi connectivity index (χ3v) is 0. The normalized spacial score (nSPS) is 0. The monoisotopic (exact) mass is 150 g/mol. The summed E-state index contributed by atoms with van der Waals surface area (Å²) in [6.07, 6.45) is 0. The second-order valence-electron chi connectivity index (χ2n) is 0. The topological polar surface area (TPSA) is 0 Å². The second kappa shape index (κ2) is 22.9. The zero-order chi connectivity index (χ0) is 0. The molecule has 0 aromatic heterocycles. The van der Waals surface area contributed by atoms with Crippen LogP contribution >= 0.6 is 0 Å². The number of thiol groups is 3. The molecule has 0 N–H and O–H groups in total. The molecule has 4 heteroatoms. The van der Waals surface area contributed by atoms with Crippen LogP contribution in [0.15, 0.2) is 0 Å². The van der Waals surface area contributed by atoms with Crippen LogP contribution in [-0.2, 0) is 59.0 Å². The zero-order valence-electron chi connectivity index (χ0n) is 1.79. The van der Waals surface area contributed by atoms with E-state index in [0.717, 1.165) is 0 Å². The van der Waals surface area contributed by atoms with E-state index >= 15 is 0 Å². The Hall–Kier alpha value is 1.63. The largest absolute Gasteiger partial charge is 3.00 e. The van der Waals surface area contributed by atoms with Gasteiger partial charge in [0.1, 0.15) is 0 Å². The van der Waals surface area contributed by atoms with Gasteiger partial charge < -0.3 is 40.5 Å². The minimum absolute atomic E-state index is 0. The van der Waals surface area contributed by atoms with Gasteiger partial charge in [-0.1, -0.05) is 0 Å². The molecule has 0 aromatic rings. The van der Waals surface area contributed by atoms with Crippen molar-refractivity contribution < 1.29 is 18.6 Å². The van der Waals surface area contributed by atoms with Gasteiger partial charge in [-0.25, -0.2) is 0 Å². The molecule has 0 saturated heterocycles. The number of hydrogen-bond donors (Lipinski definition) is 0. The molecule has 0 spiro atoms. The molecule has 4 heavy (non-hydrogen) atoms. The number of hydrogen-bond acceptors (Lipinski definition) is 3. The summed E-state index contributed by atoms with van der Waals surface area (Å²) in [5.74, 6) is 0. The minimum atomic E-state index is 0. The van der Waals surface area contributed by atoms with Gasteiger partial charge in [0.25, 0.3) is 0 Å². The van der Waals surface area contributed by atoms with Crippen LogP contribution in [0.5, 0.6) is 0 Å². The summed E-state index contributed by atoms with van der Waals surface area (Å²) < 4.78 is 0. The fourth-order valence-electron chi connectivity index (χ4n) is 0. The summed E-state index contributed by atoms with van der Waals surface area (Å²) in [6, 6.07) is 0.